The summed E-state index contributed by atoms with van der Waals surface area (Å²) in [6.07, 6.45) is 9.88. The molecule has 6 aliphatic carbocycles. The minimum absolute atomic E-state index is 0.240. The fourth-order valence-electron chi connectivity index (χ4n) is 8.93. The smallest absolute Gasteiger partial charge is 0.226 e. The fraction of sp³-hybridized carbons (Fsp3) is 0.731. The van der Waals surface area contributed by atoms with Gasteiger partial charge in [0.15, 0.2) is 0 Å². The molecule has 6 fully saturated rings. The number of rotatable bonds is 7. The average Bonchev–Trinajstić information content (AvgIpc) is 3.44. The van der Waals surface area contributed by atoms with E-state index in [0.29, 0.717) is 49.2 Å². The highest BCUT2D eigenvalue weighted by Crippen LogP contribution is 2.70. The van der Waals surface area contributed by atoms with Crippen molar-refractivity contribution < 1.29 is 9.59 Å². The van der Waals surface area contributed by atoms with E-state index in [-0.39, 0.29) is 17.7 Å². The quantitative estimate of drug-likeness (QED) is 0.739. The van der Waals surface area contributed by atoms with Gasteiger partial charge in [-0.05, 0) is 98.0 Å². The zero-order valence-corrected chi connectivity index (χ0v) is 18.2. The number of nitrogens with one attached hydrogen (secondary N) is 1. The number of carbonyl (C=O) groups excluding carboxylic acids is 2. The van der Waals surface area contributed by atoms with Gasteiger partial charge < -0.3 is 10.2 Å². The first-order valence-corrected chi connectivity index (χ1v) is 12.7. The molecule has 1 aromatic heterocycles. The Morgan fingerprint density at radius 2 is 1.52 bits per heavy atom. The van der Waals surface area contributed by atoms with E-state index in [0.717, 1.165) is 29.4 Å². The Bertz CT molecular complexity index is 871. The molecule has 2 amide bonds. The number of amides is 2. The van der Waals surface area contributed by atoms with Crippen molar-refractivity contribution in [2.75, 3.05) is 13.1 Å². The zero-order valence-electron chi connectivity index (χ0n) is 18.2. The van der Waals surface area contributed by atoms with Crippen LogP contribution >= 0.6 is 0 Å². The molecule has 9 atom stereocenters. The molecular weight excluding hydrogens is 386 g/mol. The monoisotopic (exact) mass is 419 g/mol. The van der Waals surface area contributed by atoms with E-state index in [4.69, 9.17) is 0 Å². The van der Waals surface area contributed by atoms with Crippen LogP contribution in [0.4, 0.5) is 0 Å². The lowest BCUT2D eigenvalue weighted by molar-refractivity contribution is -0.134. The fourth-order valence-corrected chi connectivity index (χ4v) is 8.93. The van der Waals surface area contributed by atoms with Crippen molar-refractivity contribution in [2.45, 2.75) is 45.1 Å². The van der Waals surface area contributed by atoms with E-state index in [1.807, 2.05) is 23.1 Å². The largest absolute Gasteiger partial charge is 0.354 e. The SMILES string of the molecule is O=C(NCCN(Cc1ccccn1)C(=O)C1[C@@H]2[C@H]3CC[C@@H](C3)[C@@H]12)C1[C@@H]2[C@H]3CC[C@@H](C3)[C@H]12. The molecular formula is C26H33N3O2. The van der Waals surface area contributed by atoms with Gasteiger partial charge in [-0.1, -0.05) is 6.07 Å². The summed E-state index contributed by atoms with van der Waals surface area (Å²) in [5, 5.41) is 3.20. The van der Waals surface area contributed by atoms with E-state index in [2.05, 4.69) is 10.3 Å². The summed E-state index contributed by atoms with van der Waals surface area (Å²) < 4.78 is 0. The number of hydrogen-bond donors (Lipinski definition) is 1. The Morgan fingerprint density at radius 1 is 0.903 bits per heavy atom. The summed E-state index contributed by atoms with van der Waals surface area (Å²) >= 11 is 0. The topological polar surface area (TPSA) is 62.3 Å². The summed E-state index contributed by atoms with van der Waals surface area (Å²) in [6.45, 7) is 1.72. The lowest BCUT2D eigenvalue weighted by Crippen LogP contribution is -2.40. The van der Waals surface area contributed by atoms with E-state index in [1.54, 1.807) is 6.20 Å². The second-order valence-electron chi connectivity index (χ2n) is 11.4. The van der Waals surface area contributed by atoms with Crippen LogP contribution in [0.3, 0.4) is 0 Å². The predicted octanol–water partition coefficient (Wildman–Crippen LogP) is 3.11. The van der Waals surface area contributed by atoms with Crippen molar-refractivity contribution in [3.05, 3.63) is 30.1 Å². The van der Waals surface area contributed by atoms with Crippen LogP contribution in [0.25, 0.3) is 0 Å². The van der Waals surface area contributed by atoms with E-state index in [1.165, 1.54) is 38.5 Å². The molecule has 7 rings (SSSR count). The van der Waals surface area contributed by atoms with Gasteiger partial charge in [-0.2, -0.15) is 0 Å². The standard InChI is InChI=1S/C26H33N3O2/c30-25(23-19-14-4-5-15(11-14)20(19)23)28-9-10-29(13-18-3-1-2-8-27-18)26(31)24-21-16-6-7-17(12-16)22(21)24/h1-3,8,14-17,19-24H,4-7,9-13H2,(H,28,30)/t14-,15-,16-,17-,19-,20+,21+,22+,23?/m0/s1. The maximum atomic E-state index is 13.5. The summed E-state index contributed by atoms with van der Waals surface area (Å²) in [5.41, 5.74) is 0.934. The van der Waals surface area contributed by atoms with Crippen LogP contribution in [0.15, 0.2) is 24.4 Å². The average molecular weight is 420 g/mol. The van der Waals surface area contributed by atoms with Gasteiger partial charge in [-0.3, -0.25) is 14.6 Å². The van der Waals surface area contributed by atoms with Gasteiger partial charge in [-0.15, -0.1) is 0 Å². The molecule has 0 saturated heterocycles. The second-order valence-corrected chi connectivity index (χ2v) is 11.4. The predicted molar refractivity (Wildman–Crippen MR) is 115 cm³/mol. The third kappa shape index (κ3) is 2.84. The third-order valence-corrected chi connectivity index (χ3v) is 10.1. The highest BCUT2D eigenvalue weighted by Gasteiger charge is 2.68. The summed E-state index contributed by atoms with van der Waals surface area (Å²) in [4.78, 5) is 32.8. The maximum absolute atomic E-state index is 13.5. The maximum Gasteiger partial charge on any atom is 0.226 e. The van der Waals surface area contributed by atoms with E-state index in [9.17, 15) is 9.59 Å². The van der Waals surface area contributed by atoms with Crippen molar-refractivity contribution in [2.24, 2.45) is 59.2 Å². The van der Waals surface area contributed by atoms with Crippen LogP contribution in [0.2, 0.25) is 0 Å². The van der Waals surface area contributed by atoms with Crippen LogP contribution in [-0.4, -0.2) is 34.8 Å². The first kappa shape index (κ1) is 18.6. The molecule has 1 heterocycles. The number of aromatic nitrogens is 1. The summed E-state index contributed by atoms with van der Waals surface area (Å²) in [7, 11) is 0. The van der Waals surface area contributed by atoms with Gasteiger partial charge >= 0.3 is 0 Å². The van der Waals surface area contributed by atoms with Gasteiger partial charge in [0.25, 0.3) is 0 Å². The molecule has 5 heteroatoms. The Labute approximate surface area is 184 Å². The summed E-state index contributed by atoms with van der Waals surface area (Å²) in [6, 6.07) is 5.90. The lowest BCUT2D eigenvalue weighted by atomic mass is 10.0. The molecule has 1 aromatic rings. The molecule has 0 aliphatic heterocycles. The van der Waals surface area contributed by atoms with Gasteiger partial charge in [0, 0.05) is 31.1 Å². The van der Waals surface area contributed by atoms with Crippen LogP contribution in [0.5, 0.6) is 0 Å². The highest BCUT2D eigenvalue weighted by molar-refractivity contribution is 5.84. The number of pyridine rings is 1. The van der Waals surface area contributed by atoms with Gasteiger partial charge in [0.1, 0.15) is 0 Å². The zero-order chi connectivity index (χ0) is 20.7. The molecule has 6 saturated carbocycles. The van der Waals surface area contributed by atoms with E-state index >= 15 is 0 Å². The molecule has 1 unspecified atom stereocenters. The Kier molecular flexibility index (Phi) is 4.08. The van der Waals surface area contributed by atoms with Crippen LogP contribution in [0, 0.1) is 59.2 Å². The van der Waals surface area contributed by atoms with Crippen molar-refractivity contribution in [1.82, 2.24) is 15.2 Å². The summed E-state index contributed by atoms with van der Waals surface area (Å²) in [5.74, 6) is 6.93. The molecule has 164 valence electrons. The molecule has 5 nitrogen and oxygen atoms in total. The van der Waals surface area contributed by atoms with Crippen LogP contribution in [-0.2, 0) is 16.1 Å². The number of hydrogen-bond acceptors (Lipinski definition) is 3. The van der Waals surface area contributed by atoms with Crippen LogP contribution in [0.1, 0.15) is 44.2 Å². The van der Waals surface area contributed by atoms with Gasteiger partial charge in [-0.25, -0.2) is 0 Å². The number of carbonyl (C=O) groups is 2. The molecule has 1 N–H and O–H groups in total. The highest BCUT2D eigenvalue weighted by atomic mass is 16.2. The first-order valence-electron chi connectivity index (χ1n) is 12.7. The molecule has 4 bridgehead atoms. The molecule has 0 radical (unpaired) electrons. The molecule has 0 aromatic carbocycles. The minimum Gasteiger partial charge on any atom is -0.354 e. The molecule has 31 heavy (non-hydrogen) atoms. The first-order chi connectivity index (χ1) is 15.2. The Balaban J connectivity index is 0.992. The van der Waals surface area contributed by atoms with Crippen molar-refractivity contribution in [1.29, 1.82) is 0 Å². The number of fused-ring (bicyclic) bond motifs is 10. The molecule has 6 aliphatic rings. The van der Waals surface area contributed by atoms with Gasteiger partial charge in [0.05, 0.1) is 12.2 Å². The second kappa shape index (κ2) is 6.79. The minimum atomic E-state index is 0.240. The lowest BCUT2D eigenvalue weighted by Gasteiger charge is -2.24. The molecule has 0 spiro atoms. The third-order valence-electron chi connectivity index (χ3n) is 10.1. The van der Waals surface area contributed by atoms with Gasteiger partial charge in [0.2, 0.25) is 11.8 Å². The van der Waals surface area contributed by atoms with E-state index < -0.39 is 0 Å². The number of nitrogens with zero attached hydrogens (tertiary/aromatic N) is 2. The van der Waals surface area contributed by atoms with Crippen molar-refractivity contribution >= 4 is 11.8 Å². The normalized spacial score (nSPS) is 44.6. The van der Waals surface area contributed by atoms with Crippen molar-refractivity contribution in [3.63, 3.8) is 0 Å². The van der Waals surface area contributed by atoms with Crippen molar-refractivity contribution in [3.8, 4) is 0 Å². The van der Waals surface area contributed by atoms with Crippen LogP contribution < -0.4 is 5.32 Å². The Hall–Kier alpha value is -1.91. The Morgan fingerprint density at radius 3 is 2.10 bits per heavy atom.